The van der Waals surface area contributed by atoms with E-state index in [1.165, 1.54) is 0 Å². The number of carbonyl (C=O) groups is 1. The molecule has 0 radical (unpaired) electrons. The van der Waals surface area contributed by atoms with Crippen molar-refractivity contribution in [1.29, 1.82) is 0 Å². The molecule has 1 aromatic carbocycles. The normalized spacial score (nSPS) is 19.8. The molecule has 2 atom stereocenters. The monoisotopic (exact) mass is 343 g/mol. The predicted molar refractivity (Wildman–Crippen MR) is 78.0 cm³/mol. The first kappa shape index (κ1) is 15.3. The number of carboxylic acid groups (broad SMARTS) is 1. The second-order valence-corrected chi connectivity index (χ2v) is 5.56. The molecule has 0 aliphatic carbocycles. The summed E-state index contributed by atoms with van der Waals surface area (Å²) < 4.78 is 11.4. The minimum atomic E-state index is -0.919. The number of ether oxygens (including phenoxy) is 2. The van der Waals surface area contributed by atoms with Gasteiger partial charge in [0.25, 0.3) is 0 Å². The fourth-order valence-corrected chi connectivity index (χ4v) is 2.73. The summed E-state index contributed by atoms with van der Waals surface area (Å²) >= 11 is 3.39. The number of halogens is 1. The largest absolute Gasteiger partial charge is 0.497 e. The van der Waals surface area contributed by atoms with Gasteiger partial charge in [-0.25, -0.2) is 0 Å². The van der Waals surface area contributed by atoms with Crippen molar-refractivity contribution in [1.82, 2.24) is 5.32 Å². The molecule has 110 valence electrons. The van der Waals surface area contributed by atoms with E-state index in [0.717, 1.165) is 23.9 Å². The standard InChI is InChI=1S/C14H18BrNO4/c1-19-9-4-5-12(15)11(7-9)13(14(17)18)16-8-10-3-2-6-20-10/h4-5,7,10,13,16H,2-3,6,8H2,1H3,(H,17,18). The van der Waals surface area contributed by atoms with E-state index < -0.39 is 12.0 Å². The lowest BCUT2D eigenvalue weighted by Gasteiger charge is -2.19. The molecule has 1 heterocycles. The van der Waals surface area contributed by atoms with Crippen molar-refractivity contribution >= 4 is 21.9 Å². The Hall–Kier alpha value is -1.11. The summed E-state index contributed by atoms with van der Waals surface area (Å²) in [6.45, 7) is 1.29. The summed E-state index contributed by atoms with van der Waals surface area (Å²) in [4.78, 5) is 11.5. The van der Waals surface area contributed by atoms with Crippen LogP contribution >= 0.6 is 15.9 Å². The molecule has 0 amide bonds. The SMILES string of the molecule is COc1ccc(Br)c(C(NCC2CCCO2)C(=O)O)c1. The van der Waals surface area contributed by atoms with Gasteiger partial charge in [0, 0.05) is 17.6 Å². The quantitative estimate of drug-likeness (QED) is 0.829. The van der Waals surface area contributed by atoms with Crippen molar-refractivity contribution in [3.8, 4) is 5.75 Å². The Morgan fingerprint density at radius 1 is 1.65 bits per heavy atom. The third kappa shape index (κ3) is 3.71. The Morgan fingerprint density at radius 3 is 3.05 bits per heavy atom. The van der Waals surface area contributed by atoms with E-state index in [2.05, 4.69) is 21.2 Å². The molecule has 1 aliphatic rings. The molecule has 2 N–H and O–H groups in total. The Kier molecular flexibility index (Phi) is 5.39. The zero-order valence-corrected chi connectivity index (χ0v) is 12.9. The molecule has 0 bridgehead atoms. The predicted octanol–water partition coefficient (Wildman–Crippen LogP) is 2.35. The van der Waals surface area contributed by atoms with Crippen molar-refractivity contribution < 1.29 is 19.4 Å². The minimum Gasteiger partial charge on any atom is -0.497 e. The molecule has 0 spiro atoms. The smallest absolute Gasteiger partial charge is 0.325 e. The van der Waals surface area contributed by atoms with E-state index in [-0.39, 0.29) is 6.10 Å². The second-order valence-electron chi connectivity index (χ2n) is 4.70. The lowest BCUT2D eigenvalue weighted by atomic mass is 10.1. The number of carboxylic acids is 1. The molecule has 1 saturated heterocycles. The van der Waals surface area contributed by atoms with Crippen molar-refractivity contribution in [2.24, 2.45) is 0 Å². The Bertz CT molecular complexity index is 474. The van der Waals surface area contributed by atoms with Crippen LogP contribution in [-0.4, -0.2) is 37.4 Å². The minimum absolute atomic E-state index is 0.0984. The summed E-state index contributed by atoms with van der Waals surface area (Å²) in [5.74, 6) is -0.287. The van der Waals surface area contributed by atoms with Crippen molar-refractivity contribution in [3.63, 3.8) is 0 Å². The van der Waals surface area contributed by atoms with Crippen LogP contribution in [0, 0.1) is 0 Å². The van der Waals surface area contributed by atoms with Crippen LogP contribution in [0.4, 0.5) is 0 Å². The van der Waals surface area contributed by atoms with Gasteiger partial charge >= 0.3 is 5.97 Å². The third-order valence-corrected chi connectivity index (χ3v) is 4.06. The van der Waals surface area contributed by atoms with Crippen LogP contribution in [0.2, 0.25) is 0 Å². The van der Waals surface area contributed by atoms with E-state index in [1.807, 2.05) is 0 Å². The van der Waals surface area contributed by atoms with Crippen molar-refractivity contribution in [3.05, 3.63) is 28.2 Å². The van der Waals surface area contributed by atoms with E-state index >= 15 is 0 Å². The van der Waals surface area contributed by atoms with Crippen LogP contribution in [0.15, 0.2) is 22.7 Å². The van der Waals surface area contributed by atoms with Crippen LogP contribution in [0.5, 0.6) is 5.75 Å². The molecule has 0 aromatic heterocycles. The highest BCUT2D eigenvalue weighted by atomic mass is 79.9. The summed E-state index contributed by atoms with van der Waals surface area (Å²) in [7, 11) is 1.56. The van der Waals surface area contributed by atoms with Crippen molar-refractivity contribution in [2.45, 2.75) is 25.0 Å². The van der Waals surface area contributed by atoms with E-state index in [9.17, 15) is 9.90 Å². The van der Waals surface area contributed by atoms with Gasteiger partial charge in [-0.15, -0.1) is 0 Å². The maximum atomic E-state index is 11.5. The average Bonchev–Trinajstić information content (AvgIpc) is 2.93. The zero-order chi connectivity index (χ0) is 14.5. The van der Waals surface area contributed by atoms with Gasteiger partial charge in [-0.05, 0) is 36.6 Å². The molecule has 2 rings (SSSR count). The van der Waals surface area contributed by atoms with Crippen LogP contribution in [0.1, 0.15) is 24.4 Å². The fourth-order valence-electron chi connectivity index (χ4n) is 2.25. The molecular weight excluding hydrogens is 326 g/mol. The van der Waals surface area contributed by atoms with E-state index in [4.69, 9.17) is 9.47 Å². The highest BCUT2D eigenvalue weighted by molar-refractivity contribution is 9.10. The van der Waals surface area contributed by atoms with Crippen molar-refractivity contribution in [2.75, 3.05) is 20.3 Å². The molecule has 20 heavy (non-hydrogen) atoms. The van der Waals surface area contributed by atoms with Gasteiger partial charge in [0.15, 0.2) is 0 Å². The highest BCUT2D eigenvalue weighted by Crippen LogP contribution is 2.28. The van der Waals surface area contributed by atoms with Crippen LogP contribution in [0.3, 0.4) is 0 Å². The first-order valence-corrected chi connectivity index (χ1v) is 7.32. The van der Waals surface area contributed by atoms with E-state index in [0.29, 0.717) is 17.9 Å². The van der Waals surface area contributed by atoms with Gasteiger partial charge in [-0.1, -0.05) is 15.9 Å². The molecule has 5 nitrogen and oxygen atoms in total. The summed E-state index contributed by atoms with van der Waals surface area (Å²) in [6.07, 6.45) is 2.10. The number of hydrogen-bond acceptors (Lipinski definition) is 4. The van der Waals surface area contributed by atoms with Crippen LogP contribution in [0.25, 0.3) is 0 Å². The van der Waals surface area contributed by atoms with Gasteiger partial charge < -0.3 is 14.6 Å². The van der Waals surface area contributed by atoms with Gasteiger partial charge in [-0.2, -0.15) is 0 Å². The molecule has 1 fully saturated rings. The summed E-state index contributed by atoms with van der Waals surface area (Å²) in [5.41, 5.74) is 0.648. The summed E-state index contributed by atoms with van der Waals surface area (Å²) in [5, 5.41) is 12.5. The fraction of sp³-hybridized carbons (Fsp3) is 0.500. The maximum absolute atomic E-state index is 11.5. The maximum Gasteiger partial charge on any atom is 0.325 e. The lowest BCUT2D eigenvalue weighted by molar-refractivity contribution is -0.139. The number of nitrogens with one attached hydrogen (secondary N) is 1. The average molecular weight is 344 g/mol. The molecule has 2 unspecified atom stereocenters. The number of methoxy groups -OCH3 is 1. The molecule has 6 heteroatoms. The van der Waals surface area contributed by atoms with Crippen LogP contribution in [-0.2, 0) is 9.53 Å². The number of benzene rings is 1. The topological polar surface area (TPSA) is 67.8 Å². The molecule has 0 saturated carbocycles. The van der Waals surface area contributed by atoms with Crippen LogP contribution < -0.4 is 10.1 Å². The Morgan fingerprint density at radius 2 is 2.45 bits per heavy atom. The Balaban J connectivity index is 2.12. The first-order chi connectivity index (χ1) is 9.61. The highest BCUT2D eigenvalue weighted by Gasteiger charge is 2.25. The van der Waals surface area contributed by atoms with Gasteiger partial charge in [0.05, 0.1) is 13.2 Å². The molecule has 1 aromatic rings. The number of hydrogen-bond donors (Lipinski definition) is 2. The Labute approximate surface area is 126 Å². The lowest BCUT2D eigenvalue weighted by Crippen LogP contribution is -2.34. The second kappa shape index (κ2) is 7.06. The summed E-state index contributed by atoms with van der Waals surface area (Å²) in [6, 6.07) is 4.51. The third-order valence-electron chi connectivity index (χ3n) is 3.33. The number of aliphatic carboxylic acids is 1. The zero-order valence-electron chi connectivity index (χ0n) is 11.3. The van der Waals surface area contributed by atoms with E-state index in [1.54, 1.807) is 25.3 Å². The molecular formula is C14H18BrNO4. The first-order valence-electron chi connectivity index (χ1n) is 6.53. The number of rotatable bonds is 6. The van der Waals surface area contributed by atoms with Gasteiger partial charge in [0.1, 0.15) is 11.8 Å². The van der Waals surface area contributed by atoms with Gasteiger partial charge in [-0.3, -0.25) is 10.1 Å². The van der Waals surface area contributed by atoms with Gasteiger partial charge in [0.2, 0.25) is 0 Å². The molecule has 1 aliphatic heterocycles.